The number of hydrogen-bond acceptors (Lipinski definition) is 5. The van der Waals surface area contributed by atoms with Gasteiger partial charge in [0.05, 0.1) is 23.8 Å². The van der Waals surface area contributed by atoms with Crippen molar-refractivity contribution in [3.05, 3.63) is 71.0 Å². The van der Waals surface area contributed by atoms with Crippen molar-refractivity contribution in [2.45, 2.75) is 12.7 Å². The minimum Gasteiger partial charge on any atom is -0.472 e. The Hall–Kier alpha value is -2.62. The molecule has 0 unspecified atom stereocenters. The molecule has 0 fully saturated rings. The third-order valence-electron chi connectivity index (χ3n) is 4.84. The highest BCUT2D eigenvalue weighted by atomic mass is 35.5. The molecule has 0 saturated heterocycles. The quantitative estimate of drug-likeness (QED) is 0.416. The Labute approximate surface area is 179 Å². The zero-order chi connectivity index (χ0) is 20.0. The molecule has 1 aliphatic rings. The molecule has 0 bridgehead atoms. The van der Waals surface area contributed by atoms with Crippen molar-refractivity contribution in [3.8, 4) is 11.1 Å². The van der Waals surface area contributed by atoms with E-state index in [2.05, 4.69) is 20.9 Å². The SMILES string of the molecule is Cl.FC(F)(F)c1cc(-c2ccoc2)cn2cc(CN3CC=C(c4nccs4)C3)nc12. The minimum absolute atomic E-state index is 0. The van der Waals surface area contributed by atoms with Crippen LogP contribution < -0.4 is 0 Å². The van der Waals surface area contributed by atoms with Crippen molar-refractivity contribution >= 4 is 35.0 Å². The molecule has 30 heavy (non-hydrogen) atoms. The Balaban J connectivity index is 0.00000218. The van der Waals surface area contributed by atoms with Crippen molar-refractivity contribution in [2.24, 2.45) is 0 Å². The number of rotatable bonds is 4. The largest absolute Gasteiger partial charge is 0.472 e. The Bertz CT molecular complexity index is 1180. The monoisotopic (exact) mass is 452 g/mol. The summed E-state index contributed by atoms with van der Waals surface area (Å²) in [4.78, 5) is 10.7. The van der Waals surface area contributed by atoms with Gasteiger partial charge >= 0.3 is 6.18 Å². The first kappa shape index (κ1) is 20.6. The molecule has 0 N–H and O–H groups in total. The standard InChI is InChI=1S/C20H15F3N4OS.ClH/c21-20(22,23)17-7-15(14-2-5-28-12-14)9-27-11-16(25-18(17)27)10-26-4-1-13(8-26)19-24-3-6-29-19;/h1-3,5-7,9,11-12H,4,8,10H2;1H. The Kier molecular flexibility index (Phi) is 5.44. The lowest BCUT2D eigenvalue weighted by atomic mass is 10.1. The number of nitrogens with zero attached hydrogens (tertiary/aromatic N) is 4. The fourth-order valence-electron chi connectivity index (χ4n) is 3.52. The number of pyridine rings is 1. The second-order valence-corrected chi connectivity index (χ2v) is 7.75. The number of fused-ring (bicyclic) bond motifs is 1. The van der Waals surface area contributed by atoms with Gasteiger partial charge in [0.1, 0.15) is 10.7 Å². The van der Waals surface area contributed by atoms with Gasteiger partial charge in [0, 0.05) is 54.7 Å². The third-order valence-corrected chi connectivity index (χ3v) is 5.69. The van der Waals surface area contributed by atoms with E-state index < -0.39 is 11.7 Å². The van der Waals surface area contributed by atoms with E-state index in [1.165, 1.54) is 16.9 Å². The minimum atomic E-state index is -4.50. The van der Waals surface area contributed by atoms with Crippen LogP contribution >= 0.6 is 23.7 Å². The van der Waals surface area contributed by atoms with Gasteiger partial charge in [-0.3, -0.25) is 4.90 Å². The lowest BCUT2D eigenvalue weighted by Crippen LogP contribution is -2.20. The van der Waals surface area contributed by atoms with Crippen LogP contribution in [-0.2, 0) is 12.7 Å². The van der Waals surface area contributed by atoms with E-state index in [1.807, 2.05) is 5.38 Å². The van der Waals surface area contributed by atoms with Crippen LogP contribution in [0.5, 0.6) is 0 Å². The Morgan fingerprint density at radius 1 is 1.20 bits per heavy atom. The van der Waals surface area contributed by atoms with E-state index in [0.717, 1.165) is 23.2 Å². The van der Waals surface area contributed by atoms with Crippen LogP contribution in [0.2, 0.25) is 0 Å². The Morgan fingerprint density at radius 2 is 2.07 bits per heavy atom. The highest BCUT2D eigenvalue weighted by molar-refractivity contribution is 7.10. The summed E-state index contributed by atoms with van der Waals surface area (Å²) in [6.45, 7) is 1.88. The van der Waals surface area contributed by atoms with Gasteiger partial charge in [-0.2, -0.15) is 13.2 Å². The number of imidazole rings is 1. The summed E-state index contributed by atoms with van der Waals surface area (Å²) < 4.78 is 47.5. The number of hydrogen-bond donors (Lipinski definition) is 0. The molecule has 0 spiro atoms. The summed E-state index contributed by atoms with van der Waals surface area (Å²) in [6, 6.07) is 2.75. The third kappa shape index (κ3) is 3.88. The highest BCUT2D eigenvalue weighted by Gasteiger charge is 2.35. The molecule has 0 aromatic carbocycles. The second kappa shape index (κ2) is 7.90. The average molecular weight is 453 g/mol. The Morgan fingerprint density at radius 3 is 2.77 bits per heavy atom. The first-order chi connectivity index (χ1) is 14.0. The van der Waals surface area contributed by atoms with Crippen LogP contribution in [0.1, 0.15) is 16.3 Å². The molecule has 5 heterocycles. The van der Waals surface area contributed by atoms with Crippen molar-refractivity contribution in [1.29, 1.82) is 0 Å². The van der Waals surface area contributed by atoms with Gasteiger partial charge in [0.2, 0.25) is 0 Å². The molecule has 0 aliphatic carbocycles. The molecule has 5 rings (SSSR count). The average Bonchev–Trinajstić information content (AvgIpc) is 3.45. The number of alkyl halides is 3. The van der Waals surface area contributed by atoms with Crippen molar-refractivity contribution in [1.82, 2.24) is 19.3 Å². The van der Waals surface area contributed by atoms with Gasteiger partial charge < -0.3 is 8.82 Å². The van der Waals surface area contributed by atoms with Gasteiger partial charge in [-0.15, -0.1) is 23.7 Å². The molecular weight excluding hydrogens is 437 g/mol. The lowest BCUT2D eigenvalue weighted by Gasteiger charge is -2.13. The molecular formula is C20H16ClF3N4OS. The van der Waals surface area contributed by atoms with Crippen LogP contribution in [-0.4, -0.2) is 32.4 Å². The van der Waals surface area contributed by atoms with Gasteiger partial charge in [-0.1, -0.05) is 6.08 Å². The second-order valence-electron chi connectivity index (χ2n) is 6.85. The van der Waals surface area contributed by atoms with Gasteiger partial charge in [-0.25, -0.2) is 9.97 Å². The van der Waals surface area contributed by atoms with E-state index in [1.54, 1.807) is 36.0 Å². The predicted molar refractivity (Wildman–Crippen MR) is 111 cm³/mol. The molecule has 0 saturated carbocycles. The first-order valence-electron chi connectivity index (χ1n) is 8.90. The number of thiazole rings is 1. The van der Waals surface area contributed by atoms with Gasteiger partial charge in [0.15, 0.2) is 0 Å². The van der Waals surface area contributed by atoms with Crippen LogP contribution in [0.3, 0.4) is 0 Å². The van der Waals surface area contributed by atoms with E-state index >= 15 is 0 Å². The summed E-state index contributed by atoms with van der Waals surface area (Å²) in [5.74, 6) is 0. The number of halogens is 4. The normalized spacial score (nSPS) is 14.8. The summed E-state index contributed by atoms with van der Waals surface area (Å²) in [7, 11) is 0. The van der Waals surface area contributed by atoms with E-state index in [0.29, 0.717) is 29.9 Å². The molecule has 10 heteroatoms. The summed E-state index contributed by atoms with van der Waals surface area (Å²) in [6.07, 6.45) is 5.54. The van der Waals surface area contributed by atoms with Crippen LogP contribution in [0.15, 0.2) is 59.1 Å². The maximum absolute atomic E-state index is 13.7. The van der Waals surface area contributed by atoms with Crippen LogP contribution in [0.25, 0.3) is 22.3 Å². The first-order valence-corrected chi connectivity index (χ1v) is 9.78. The molecule has 4 aromatic rings. The fraction of sp³-hybridized carbons (Fsp3) is 0.200. The highest BCUT2D eigenvalue weighted by Crippen LogP contribution is 2.35. The van der Waals surface area contributed by atoms with Gasteiger partial charge in [-0.05, 0) is 17.7 Å². The summed E-state index contributed by atoms with van der Waals surface area (Å²) in [5.41, 5.74) is 1.90. The molecule has 0 amide bonds. The maximum atomic E-state index is 13.7. The molecule has 0 radical (unpaired) electrons. The van der Waals surface area contributed by atoms with Gasteiger partial charge in [0.25, 0.3) is 0 Å². The van der Waals surface area contributed by atoms with Crippen LogP contribution in [0.4, 0.5) is 13.2 Å². The zero-order valence-corrected chi connectivity index (χ0v) is 17.1. The van der Waals surface area contributed by atoms with E-state index in [9.17, 15) is 13.2 Å². The van der Waals surface area contributed by atoms with E-state index in [-0.39, 0.29) is 18.1 Å². The number of furan rings is 1. The lowest BCUT2D eigenvalue weighted by molar-refractivity contribution is -0.136. The number of aromatic nitrogens is 3. The van der Waals surface area contributed by atoms with E-state index in [4.69, 9.17) is 4.42 Å². The smallest absolute Gasteiger partial charge is 0.420 e. The van der Waals surface area contributed by atoms with Crippen molar-refractivity contribution in [2.75, 3.05) is 13.1 Å². The molecule has 0 atom stereocenters. The van der Waals surface area contributed by atoms with Crippen LogP contribution in [0, 0.1) is 0 Å². The topological polar surface area (TPSA) is 46.6 Å². The summed E-state index contributed by atoms with van der Waals surface area (Å²) in [5, 5.41) is 2.91. The van der Waals surface area contributed by atoms with Crippen molar-refractivity contribution in [3.63, 3.8) is 0 Å². The summed E-state index contributed by atoms with van der Waals surface area (Å²) >= 11 is 1.58. The molecule has 4 aromatic heterocycles. The van der Waals surface area contributed by atoms with Crippen molar-refractivity contribution < 1.29 is 17.6 Å². The zero-order valence-electron chi connectivity index (χ0n) is 15.5. The maximum Gasteiger partial charge on any atom is 0.420 e. The fourth-order valence-corrected chi connectivity index (χ4v) is 4.19. The molecule has 156 valence electrons. The predicted octanol–water partition coefficient (Wildman–Crippen LogP) is 5.39. The molecule has 1 aliphatic heterocycles. The molecule has 5 nitrogen and oxygen atoms in total.